The van der Waals surface area contributed by atoms with Gasteiger partial charge in [0.25, 0.3) is 11.7 Å². The molecule has 1 aromatic carbocycles. The Kier molecular flexibility index (Phi) is 3.32. The van der Waals surface area contributed by atoms with Crippen LogP contribution in [0.3, 0.4) is 0 Å². The van der Waals surface area contributed by atoms with Gasteiger partial charge in [-0.3, -0.25) is 0 Å². The normalized spacial score (nSPS) is 22.2. The van der Waals surface area contributed by atoms with Crippen molar-refractivity contribution in [1.82, 2.24) is 0 Å². The number of rotatable bonds is 3. The maximum atomic E-state index is 11.6. The molecule has 2 aromatic rings. The van der Waals surface area contributed by atoms with Gasteiger partial charge >= 0.3 is 0 Å². The van der Waals surface area contributed by atoms with E-state index in [1.54, 1.807) is 36.7 Å². The van der Waals surface area contributed by atoms with Crippen LogP contribution in [-0.2, 0) is 9.84 Å². The Balaban J connectivity index is 1.70. The molecule has 4 rings (SSSR count). The number of hydrogen-bond acceptors (Lipinski definition) is 7. The third kappa shape index (κ3) is 2.74. The molecule has 8 nitrogen and oxygen atoms in total. The number of nitrogens with two attached hydrogens (primary N) is 1. The number of benzene rings is 1. The molecule has 1 unspecified atom stereocenters. The molecule has 1 aromatic heterocycles. The van der Waals surface area contributed by atoms with Crippen LogP contribution in [0.2, 0.25) is 0 Å². The van der Waals surface area contributed by atoms with Gasteiger partial charge in [0, 0.05) is 11.8 Å². The zero-order valence-electron chi connectivity index (χ0n) is 13.2. The van der Waals surface area contributed by atoms with E-state index in [2.05, 4.69) is 15.1 Å². The average Bonchev–Trinajstić information content (AvgIpc) is 3.20. The molecule has 126 valence electrons. The van der Waals surface area contributed by atoms with E-state index in [0.717, 1.165) is 11.8 Å². The summed E-state index contributed by atoms with van der Waals surface area (Å²) in [5.74, 6) is 7.67. The van der Waals surface area contributed by atoms with E-state index in [4.69, 9.17) is 10.3 Å². The van der Waals surface area contributed by atoms with Crippen molar-refractivity contribution in [1.29, 1.82) is 0 Å². The van der Waals surface area contributed by atoms with Crippen molar-refractivity contribution in [2.24, 2.45) is 20.9 Å². The number of aliphatic imine (C=N–C) groups is 2. The predicted octanol–water partition coefficient (Wildman–Crippen LogP) is 1.53. The van der Waals surface area contributed by atoms with Crippen molar-refractivity contribution < 1.29 is 17.5 Å². The first-order valence-electron chi connectivity index (χ1n) is 7.33. The topological polar surface area (TPSA) is 110 Å². The smallest absolute Gasteiger partial charge is 0.300 e. The lowest BCUT2D eigenvalue weighted by atomic mass is 10.1. The Morgan fingerprint density at radius 1 is 1.16 bits per heavy atom. The standard InChI is InChI=1S/C16H14N5O3S/c1-25(22,23)12-6-4-11(5-7-12)13-10-21(17)15(9-18-13)19-16(20-21)14-3-2-8-24-14/h2-10H,17H2,1H3/q+1. The van der Waals surface area contributed by atoms with Gasteiger partial charge in [-0.25, -0.2) is 13.4 Å². The first-order valence-corrected chi connectivity index (χ1v) is 9.22. The highest BCUT2D eigenvalue weighted by molar-refractivity contribution is 7.90. The van der Waals surface area contributed by atoms with Gasteiger partial charge in [-0.05, 0) is 34.1 Å². The van der Waals surface area contributed by atoms with Gasteiger partial charge in [0.15, 0.2) is 21.8 Å². The van der Waals surface area contributed by atoms with Crippen LogP contribution in [0, 0.1) is 0 Å². The van der Waals surface area contributed by atoms with Gasteiger partial charge in [-0.15, -0.1) is 5.84 Å². The molecular formula is C16H14N5O3S+. The largest absolute Gasteiger partial charge is 0.461 e. The lowest BCUT2D eigenvalue weighted by Crippen LogP contribution is -2.50. The second-order valence-corrected chi connectivity index (χ2v) is 7.69. The van der Waals surface area contributed by atoms with Crippen LogP contribution < -0.4 is 5.84 Å². The minimum absolute atomic E-state index is 0.245. The minimum atomic E-state index is -3.25. The molecule has 0 spiro atoms. The average molecular weight is 356 g/mol. The Bertz CT molecular complexity index is 1060. The summed E-state index contributed by atoms with van der Waals surface area (Å²) in [5.41, 5.74) is 1.30. The van der Waals surface area contributed by atoms with Crippen molar-refractivity contribution in [3.63, 3.8) is 0 Å². The summed E-state index contributed by atoms with van der Waals surface area (Å²) in [6.45, 7) is 0. The van der Waals surface area contributed by atoms with Gasteiger partial charge in [-0.1, -0.05) is 12.1 Å². The highest BCUT2D eigenvalue weighted by Crippen LogP contribution is 2.27. The first kappa shape index (κ1) is 15.6. The molecule has 0 amide bonds. The molecule has 0 bridgehead atoms. The van der Waals surface area contributed by atoms with E-state index >= 15 is 0 Å². The van der Waals surface area contributed by atoms with Crippen molar-refractivity contribution in [3.8, 4) is 0 Å². The van der Waals surface area contributed by atoms with Gasteiger partial charge in [0.1, 0.15) is 11.9 Å². The molecular weight excluding hydrogens is 342 g/mol. The Hall–Kier alpha value is -2.88. The summed E-state index contributed by atoms with van der Waals surface area (Å²) in [5, 5.41) is 4.39. The van der Waals surface area contributed by atoms with Crippen molar-refractivity contribution in [2.75, 3.05) is 6.26 Å². The van der Waals surface area contributed by atoms with Crippen LogP contribution >= 0.6 is 0 Å². The molecule has 3 heterocycles. The number of fused-ring (bicyclic) bond motifs is 1. The minimum Gasteiger partial charge on any atom is -0.461 e. The fourth-order valence-corrected chi connectivity index (χ4v) is 3.14. The quantitative estimate of drug-likeness (QED) is 0.664. The van der Waals surface area contributed by atoms with E-state index in [9.17, 15) is 8.42 Å². The SMILES string of the molecule is CS(=O)(=O)c1ccc(C2=C[N+]3(N)N=C(c4ccco4)N=C3C=N2)cc1. The highest BCUT2D eigenvalue weighted by atomic mass is 32.2. The number of sulfone groups is 1. The van der Waals surface area contributed by atoms with E-state index in [-0.39, 0.29) is 9.60 Å². The third-order valence-electron chi connectivity index (χ3n) is 3.81. The maximum absolute atomic E-state index is 11.6. The Morgan fingerprint density at radius 2 is 1.92 bits per heavy atom. The zero-order valence-corrected chi connectivity index (χ0v) is 14.0. The van der Waals surface area contributed by atoms with Crippen molar-refractivity contribution in [2.45, 2.75) is 4.90 Å². The van der Waals surface area contributed by atoms with Gasteiger partial charge < -0.3 is 4.42 Å². The summed E-state index contributed by atoms with van der Waals surface area (Å²) in [6, 6.07) is 9.93. The predicted molar refractivity (Wildman–Crippen MR) is 93.1 cm³/mol. The number of nitrogens with zero attached hydrogens (tertiary/aromatic N) is 4. The van der Waals surface area contributed by atoms with Crippen LogP contribution in [0.15, 0.2) is 73.3 Å². The summed E-state index contributed by atoms with van der Waals surface area (Å²) < 4.78 is 28.0. The summed E-state index contributed by atoms with van der Waals surface area (Å²) in [7, 11) is -3.25. The molecule has 9 heteroatoms. The van der Waals surface area contributed by atoms with Crippen LogP contribution in [0.4, 0.5) is 0 Å². The molecule has 1 atom stereocenters. The van der Waals surface area contributed by atoms with Crippen molar-refractivity contribution in [3.05, 3.63) is 60.2 Å². The summed E-state index contributed by atoms with van der Waals surface area (Å²) in [6.07, 6.45) is 5.89. The number of quaternary nitrogens is 1. The highest BCUT2D eigenvalue weighted by Gasteiger charge is 2.40. The van der Waals surface area contributed by atoms with E-state index < -0.39 is 9.84 Å². The zero-order chi connectivity index (χ0) is 17.7. The third-order valence-corrected chi connectivity index (χ3v) is 4.93. The van der Waals surface area contributed by atoms with Gasteiger partial charge in [0.2, 0.25) is 0 Å². The first-order chi connectivity index (χ1) is 11.9. The number of furan rings is 1. The molecule has 0 fully saturated rings. The fraction of sp³-hybridized carbons (Fsp3) is 0.0625. The Labute approximate surface area is 143 Å². The monoisotopic (exact) mass is 356 g/mol. The van der Waals surface area contributed by atoms with Crippen LogP contribution in [-0.4, -0.2) is 37.3 Å². The van der Waals surface area contributed by atoms with E-state index in [1.807, 2.05) is 0 Å². The molecule has 0 saturated heterocycles. The molecule has 2 aliphatic rings. The van der Waals surface area contributed by atoms with Gasteiger partial charge in [-0.2, -0.15) is 4.99 Å². The molecule has 0 aliphatic carbocycles. The molecule has 2 N–H and O–H groups in total. The molecule has 0 radical (unpaired) electrons. The van der Waals surface area contributed by atoms with Crippen molar-refractivity contribution >= 4 is 33.4 Å². The van der Waals surface area contributed by atoms with E-state index in [0.29, 0.717) is 23.1 Å². The summed E-state index contributed by atoms with van der Waals surface area (Å²) in [4.78, 5) is 8.94. The molecule has 2 aliphatic heterocycles. The lowest BCUT2D eigenvalue weighted by molar-refractivity contribution is -0.802. The number of amidine groups is 2. The second kappa shape index (κ2) is 5.31. The fourth-order valence-electron chi connectivity index (χ4n) is 2.51. The molecule has 25 heavy (non-hydrogen) atoms. The van der Waals surface area contributed by atoms with Crippen LogP contribution in [0.5, 0.6) is 0 Å². The molecule has 0 saturated carbocycles. The van der Waals surface area contributed by atoms with E-state index in [1.165, 1.54) is 18.4 Å². The second-order valence-electron chi connectivity index (χ2n) is 5.68. The Morgan fingerprint density at radius 3 is 2.56 bits per heavy atom. The number of hydrogen-bond donors (Lipinski definition) is 1. The van der Waals surface area contributed by atoms with Gasteiger partial charge in [0.05, 0.1) is 11.2 Å². The van der Waals surface area contributed by atoms with Crippen LogP contribution in [0.25, 0.3) is 5.70 Å². The lowest BCUT2D eigenvalue weighted by Gasteiger charge is -2.19. The maximum Gasteiger partial charge on any atom is 0.300 e. The van der Waals surface area contributed by atoms with Crippen LogP contribution in [0.1, 0.15) is 11.3 Å². The summed E-state index contributed by atoms with van der Waals surface area (Å²) >= 11 is 0.